The fraction of sp³-hybridized carbons (Fsp3) is 0.211. The monoisotopic (exact) mass is 352 g/mol. The second-order valence-electron chi connectivity index (χ2n) is 6.04. The fourth-order valence-electron chi connectivity index (χ4n) is 2.96. The lowest BCUT2D eigenvalue weighted by atomic mass is 10.1. The predicted octanol–water partition coefficient (Wildman–Crippen LogP) is 2.16. The summed E-state index contributed by atoms with van der Waals surface area (Å²) in [5.74, 6) is -0.420. The Labute approximate surface area is 151 Å². The van der Waals surface area contributed by atoms with Gasteiger partial charge in [-0.25, -0.2) is 4.79 Å². The van der Waals surface area contributed by atoms with Crippen LogP contribution in [0.1, 0.15) is 24.4 Å². The van der Waals surface area contributed by atoms with Gasteiger partial charge in [-0.05, 0) is 36.2 Å². The number of benzene rings is 2. The smallest absolute Gasteiger partial charge is 0.318 e. The Morgan fingerprint density at radius 2 is 1.73 bits per heavy atom. The van der Waals surface area contributed by atoms with E-state index in [-0.39, 0.29) is 5.91 Å². The minimum Gasteiger partial charge on any atom is -0.370 e. The van der Waals surface area contributed by atoms with Gasteiger partial charge in [-0.15, -0.1) is 0 Å². The number of nitrogens with one attached hydrogen (secondary N) is 2. The maximum Gasteiger partial charge on any atom is 0.318 e. The first-order chi connectivity index (χ1) is 12.5. The highest BCUT2D eigenvalue weighted by Crippen LogP contribution is 2.25. The lowest BCUT2D eigenvalue weighted by molar-refractivity contribution is -0.121. The number of hydrogen-bond donors (Lipinski definition) is 3. The van der Waals surface area contributed by atoms with Crippen LogP contribution in [0.15, 0.2) is 54.6 Å². The van der Waals surface area contributed by atoms with Crippen LogP contribution < -0.4 is 21.3 Å². The Bertz CT molecular complexity index is 805. The summed E-state index contributed by atoms with van der Waals surface area (Å²) in [4.78, 5) is 37.0. The van der Waals surface area contributed by atoms with Crippen molar-refractivity contribution >= 4 is 29.2 Å². The Morgan fingerprint density at radius 1 is 1.04 bits per heavy atom. The molecule has 7 nitrogen and oxygen atoms in total. The maximum atomic E-state index is 12.4. The second kappa shape index (κ2) is 7.69. The van der Waals surface area contributed by atoms with Gasteiger partial charge in [-0.1, -0.05) is 30.3 Å². The molecule has 3 rings (SSSR count). The number of primary amides is 1. The molecule has 26 heavy (non-hydrogen) atoms. The number of amides is 4. The molecule has 4 amide bonds. The number of carbonyl (C=O) groups excluding carboxylic acids is 3. The van der Waals surface area contributed by atoms with Gasteiger partial charge in [0.15, 0.2) is 0 Å². The van der Waals surface area contributed by atoms with Gasteiger partial charge in [0.1, 0.15) is 6.04 Å². The molecule has 2 aromatic rings. The third-order valence-corrected chi connectivity index (χ3v) is 4.20. The summed E-state index contributed by atoms with van der Waals surface area (Å²) < 4.78 is 0. The molecule has 0 aliphatic carbocycles. The van der Waals surface area contributed by atoms with Crippen molar-refractivity contribution in [2.75, 3.05) is 16.8 Å². The van der Waals surface area contributed by atoms with E-state index in [1.165, 1.54) is 0 Å². The highest BCUT2D eigenvalue weighted by atomic mass is 16.2. The zero-order valence-electron chi connectivity index (χ0n) is 14.1. The highest BCUT2D eigenvalue weighted by molar-refractivity contribution is 5.98. The Morgan fingerprint density at radius 3 is 2.31 bits per heavy atom. The van der Waals surface area contributed by atoms with Crippen molar-refractivity contribution in [2.24, 2.45) is 5.73 Å². The van der Waals surface area contributed by atoms with Crippen LogP contribution in [-0.4, -0.2) is 24.4 Å². The van der Waals surface area contributed by atoms with Crippen LogP contribution in [0.4, 0.5) is 16.2 Å². The SMILES string of the molecule is NC(=O)NC(=O)[C@H](Nc1ccc(N2CCCC2=O)cc1)c1ccccc1. The van der Waals surface area contributed by atoms with E-state index in [4.69, 9.17) is 5.73 Å². The van der Waals surface area contributed by atoms with Gasteiger partial charge in [-0.2, -0.15) is 0 Å². The van der Waals surface area contributed by atoms with E-state index in [9.17, 15) is 14.4 Å². The van der Waals surface area contributed by atoms with E-state index < -0.39 is 18.0 Å². The minimum atomic E-state index is -0.902. The van der Waals surface area contributed by atoms with Crippen molar-refractivity contribution in [3.05, 3.63) is 60.2 Å². The first kappa shape index (κ1) is 17.5. The van der Waals surface area contributed by atoms with E-state index in [1.54, 1.807) is 29.2 Å². The van der Waals surface area contributed by atoms with E-state index >= 15 is 0 Å². The third-order valence-electron chi connectivity index (χ3n) is 4.20. The molecule has 1 heterocycles. The van der Waals surface area contributed by atoms with Crippen molar-refractivity contribution < 1.29 is 14.4 Å². The molecule has 0 aromatic heterocycles. The van der Waals surface area contributed by atoms with Crippen molar-refractivity contribution in [1.29, 1.82) is 0 Å². The molecule has 0 radical (unpaired) electrons. The van der Waals surface area contributed by atoms with Crippen LogP contribution in [0, 0.1) is 0 Å². The number of carbonyl (C=O) groups is 3. The van der Waals surface area contributed by atoms with Crippen LogP contribution in [-0.2, 0) is 9.59 Å². The standard InChI is InChI=1S/C19H20N4O3/c20-19(26)22-18(25)17(13-5-2-1-3-6-13)21-14-8-10-15(11-9-14)23-12-4-7-16(23)24/h1-3,5-6,8-11,17,21H,4,7,12H2,(H3,20,22,25,26)/t17-/m1/s1. The fourth-order valence-corrected chi connectivity index (χ4v) is 2.96. The number of hydrogen-bond acceptors (Lipinski definition) is 4. The molecule has 1 aliphatic heterocycles. The molecular formula is C19H20N4O3. The average Bonchev–Trinajstić information content (AvgIpc) is 3.06. The minimum absolute atomic E-state index is 0.119. The quantitative estimate of drug-likeness (QED) is 0.767. The highest BCUT2D eigenvalue weighted by Gasteiger charge is 2.23. The van der Waals surface area contributed by atoms with E-state index in [1.807, 2.05) is 30.3 Å². The molecule has 2 aromatic carbocycles. The topological polar surface area (TPSA) is 105 Å². The van der Waals surface area contributed by atoms with E-state index in [0.29, 0.717) is 17.7 Å². The number of nitrogens with zero attached hydrogens (tertiary/aromatic N) is 1. The summed E-state index contributed by atoms with van der Waals surface area (Å²) in [6.07, 6.45) is 1.44. The molecule has 0 saturated carbocycles. The number of rotatable bonds is 5. The van der Waals surface area contributed by atoms with Gasteiger partial charge < -0.3 is 16.0 Å². The number of imide groups is 1. The normalized spacial score (nSPS) is 14.8. The van der Waals surface area contributed by atoms with Crippen LogP contribution >= 0.6 is 0 Å². The predicted molar refractivity (Wildman–Crippen MR) is 98.6 cm³/mol. The molecule has 1 saturated heterocycles. The molecule has 4 N–H and O–H groups in total. The molecule has 1 aliphatic rings. The number of urea groups is 1. The molecule has 1 fully saturated rings. The molecule has 0 spiro atoms. The lowest BCUT2D eigenvalue weighted by Crippen LogP contribution is -2.40. The molecule has 0 unspecified atom stereocenters. The van der Waals surface area contributed by atoms with Gasteiger partial charge in [0.25, 0.3) is 5.91 Å². The van der Waals surface area contributed by atoms with Crippen molar-refractivity contribution in [1.82, 2.24) is 5.32 Å². The van der Waals surface area contributed by atoms with E-state index in [0.717, 1.165) is 18.7 Å². The molecule has 134 valence electrons. The first-order valence-electron chi connectivity index (χ1n) is 8.37. The summed E-state index contributed by atoms with van der Waals surface area (Å²) in [5, 5.41) is 5.21. The Hall–Kier alpha value is -3.35. The molecule has 7 heteroatoms. The summed E-state index contributed by atoms with van der Waals surface area (Å²) in [6.45, 7) is 0.721. The maximum absolute atomic E-state index is 12.4. The van der Waals surface area contributed by atoms with Crippen LogP contribution in [0.2, 0.25) is 0 Å². The van der Waals surface area contributed by atoms with Gasteiger partial charge >= 0.3 is 6.03 Å². The zero-order valence-corrected chi connectivity index (χ0v) is 14.1. The number of nitrogens with two attached hydrogens (primary N) is 1. The Balaban J connectivity index is 1.79. The third kappa shape index (κ3) is 4.00. The van der Waals surface area contributed by atoms with Crippen LogP contribution in [0.25, 0.3) is 0 Å². The van der Waals surface area contributed by atoms with Crippen LogP contribution in [0.5, 0.6) is 0 Å². The zero-order chi connectivity index (χ0) is 18.5. The summed E-state index contributed by atoms with van der Waals surface area (Å²) in [6, 6.07) is 14.6. The number of anilines is 2. The lowest BCUT2D eigenvalue weighted by Gasteiger charge is -2.20. The second-order valence-corrected chi connectivity index (χ2v) is 6.04. The Kier molecular flexibility index (Phi) is 5.17. The van der Waals surface area contributed by atoms with Gasteiger partial charge in [0, 0.05) is 24.3 Å². The van der Waals surface area contributed by atoms with Gasteiger partial charge in [0.2, 0.25) is 5.91 Å². The molecule has 1 atom stereocenters. The molecule has 0 bridgehead atoms. The van der Waals surface area contributed by atoms with Crippen molar-refractivity contribution in [2.45, 2.75) is 18.9 Å². The summed E-state index contributed by atoms with van der Waals surface area (Å²) in [7, 11) is 0. The van der Waals surface area contributed by atoms with Crippen molar-refractivity contribution in [3.63, 3.8) is 0 Å². The van der Waals surface area contributed by atoms with Gasteiger partial charge in [0.05, 0.1) is 0 Å². The first-order valence-corrected chi connectivity index (χ1v) is 8.37. The van der Waals surface area contributed by atoms with Crippen molar-refractivity contribution in [3.8, 4) is 0 Å². The summed E-state index contributed by atoms with van der Waals surface area (Å²) >= 11 is 0. The largest absolute Gasteiger partial charge is 0.370 e. The van der Waals surface area contributed by atoms with E-state index in [2.05, 4.69) is 10.6 Å². The van der Waals surface area contributed by atoms with Crippen LogP contribution in [0.3, 0.4) is 0 Å². The average molecular weight is 352 g/mol. The summed E-state index contributed by atoms with van der Waals surface area (Å²) in [5.41, 5.74) is 7.29. The van der Waals surface area contributed by atoms with Gasteiger partial charge in [-0.3, -0.25) is 14.9 Å². The molecular weight excluding hydrogens is 332 g/mol.